The summed E-state index contributed by atoms with van der Waals surface area (Å²) in [4.78, 5) is 12.7. The number of ether oxygens (including phenoxy) is 1. The second-order valence-electron chi connectivity index (χ2n) is 6.20. The molecule has 2 rings (SSSR count). The van der Waals surface area contributed by atoms with Gasteiger partial charge in [-0.15, -0.1) is 0 Å². The van der Waals surface area contributed by atoms with E-state index in [4.69, 9.17) is 16.3 Å². The molecule has 0 aliphatic heterocycles. The van der Waals surface area contributed by atoms with E-state index >= 15 is 0 Å². The number of carbonyl (C=O) groups is 1. The fraction of sp³-hybridized carbons (Fsp3) is 0.316. The molecule has 1 amide bonds. The van der Waals surface area contributed by atoms with Crippen LogP contribution in [0.2, 0.25) is 5.02 Å². The Hall–Kier alpha value is -2.25. The van der Waals surface area contributed by atoms with Gasteiger partial charge in [0.2, 0.25) is 15.9 Å². The Bertz CT molecular complexity index is 931. The zero-order valence-electron chi connectivity index (χ0n) is 15.7. The van der Waals surface area contributed by atoms with Gasteiger partial charge in [0.1, 0.15) is 11.8 Å². The number of hydrogen-bond acceptors (Lipinski definition) is 4. The molecule has 2 aromatic carbocycles. The normalized spacial score (nSPS) is 12.3. The van der Waals surface area contributed by atoms with Crippen LogP contribution in [0.5, 0.6) is 5.75 Å². The molecular weight excluding hydrogens is 388 g/mol. The standard InChI is InChI=1S/C19H23ClN2O4S/c1-13-9-10-16(20)11-17(13)22(27(4,24)25)14(2)19(23)21-12-15-7-5-6-8-18(15)26-3/h5-11,14H,12H2,1-4H3,(H,21,23)/t14-/m0/s1. The van der Waals surface area contributed by atoms with Gasteiger partial charge in [-0.25, -0.2) is 8.42 Å². The number of carbonyl (C=O) groups excluding carboxylic acids is 1. The molecule has 1 N–H and O–H groups in total. The van der Waals surface area contributed by atoms with Crippen molar-refractivity contribution < 1.29 is 17.9 Å². The van der Waals surface area contributed by atoms with Crippen molar-refractivity contribution in [3.63, 3.8) is 0 Å². The van der Waals surface area contributed by atoms with Crippen molar-refractivity contribution in [2.24, 2.45) is 0 Å². The summed E-state index contributed by atoms with van der Waals surface area (Å²) in [5, 5.41) is 3.17. The maximum atomic E-state index is 12.7. The summed E-state index contributed by atoms with van der Waals surface area (Å²) in [5.74, 6) is 0.224. The van der Waals surface area contributed by atoms with Crippen LogP contribution in [0, 0.1) is 6.92 Å². The maximum Gasteiger partial charge on any atom is 0.243 e. The van der Waals surface area contributed by atoms with E-state index in [1.54, 1.807) is 45.2 Å². The molecule has 0 aliphatic carbocycles. The average molecular weight is 411 g/mol. The molecule has 0 bridgehead atoms. The third-order valence-corrected chi connectivity index (χ3v) is 5.61. The number of methoxy groups -OCH3 is 1. The Labute approximate surface area is 165 Å². The number of aryl methyl sites for hydroxylation is 1. The number of halogens is 1. The van der Waals surface area contributed by atoms with Gasteiger partial charge in [0.05, 0.1) is 19.1 Å². The molecule has 0 saturated carbocycles. The highest BCUT2D eigenvalue weighted by Crippen LogP contribution is 2.28. The van der Waals surface area contributed by atoms with Crippen molar-refractivity contribution in [3.8, 4) is 5.75 Å². The summed E-state index contributed by atoms with van der Waals surface area (Å²) in [5.41, 5.74) is 1.88. The molecule has 0 saturated heterocycles. The SMILES string of the molecule is COc1ccccc1CNC(=O)[C@H](C)N(c1cc(Cl)ccc1C)S(C)(=O)=O. The van der Waals surface area contributed by atoms with Crippen molar-refractivity contribution >= 4 is 33.2 Å². The minimum absolute atomic E-state index is 0.222. The van der Waals surface area contributed by atoms with E-state index in [1.165, 1.54) is 0 Å². The van der Waals surface area contributed by atoms with Crippen LogP contribution in [0.4, 0.5) is 5.69 Å². The largest absolute Gasteiger partial charge is 0.496 e. The monoisotopic (exact) mass is 410 g/mol. The van der Waals surface area contributed by atoms with E-state index in [1.807, 2.05) is 18.2 Å². The molecule has 0 aromatic heterocycles. The summed E-state index contributed by atoms with van der Waals surface area (Å²) in [6, 6.07) is 11.3. The van der Waals surface area contributed by atoms with Crippen molar-refractivity contribution in [3.05, 3.63) is 58.6 Å². The number of sulfonamides is 1. The van der Waals surface area contributed by atoms with Crippen LogP contribution in [0.15, 0.2) is 42.5 Å². The molecule has 0 heterocycles. The fourth-order valence-electron chi connectivity index (χ4n) is 2.78. The Morgan fingerprint density at radius 2 is 1.93 bits per heavy atom. The van der Waals surface area contributed by atoms with E-state index in [0.717, 1.165) is 16.1 Å². The molecule has 2 aromatic rings. The number of para-hydroxylation sites is 1. The van der Waals surface area contributed by atoms with Crippen LogP contribution < -0.4 is 14.4 Å². The number of rotatable bonds is 7. The summed E-state index contributed by atoms with van der Waals surface area (Å²) in [6.07, 6.45) is 1.07. The van der Waals surface area contributed by atoms with Gasteiger partial charge in [-0.1, -0.05) is 35.9 Å². The highest BCUT2D eigenvalue weighted by Gasteiger charge is 2.30. The van der Waals surface area contributed by atoms with Gasteiger partial charge in [0.25, 0.3) is 0 Å². The third kappa shape index (κ3) is 5.14. The molecule has 0 spiro atoms. The van der Waals surface area contributed by atoms with Crippen LogP contribution in [-0.4, -0.2) is 33.7 Å². The second kappa shape index (κ2) is 8.63. The zero-order chi connectivity index (χ0) is 20.2. The molecule has 0 aliphatic rings. The number of benzene rings is 2. The molecule has 27 heavy (non-hydrogen) atoms. The highest BCUT2D eigenvalue weighted by atomic mass is 35.5. The van der Waals surface area contributed by atoms with E-state index < -0.39 is 22.0 Å². The van der Waals surface area contributed by atoms with Crippen LogP contribution in [-0.2, 0) is 21.4 Å². The highest BCUT2D eigenvalue weighted by molar-refractivity contribution is 7.92. The summed E-state index contributed by atoms with van der Waals surface area (Å²) >= 11 is 6.03. The van der Waals surface area contributed by atoms with Crippen molar-refractivity contribution in [1.82, 2.24) is 5.32 Å². The van der Waals surface area contributed by atoms with Gasteiger partial charge in [-0.3, -0.25) is 9.10 Å². The number of amides is 1. The molecule has 0 unspecified atom stereocenters. The molecular formula is C19H23ClN2O4S. The van der Waals surface area contributed by atoms with E-state index in [9.17, 15) is 13.2 Å². The van der Waals surface area contributed by atoms with E-state index in [2.05, 4.69) is 5.32 Å². The van der Waals surface area contributed by atoms with Crippen LogP contribution in [0.3, 0.4) is 0 Å². The first-order chi connectivity index (χ1) is 12.6. The Kier molecular flexibility index (Phi) is 6.73. The van der Waals surface area contributed by atoms with Gasteiger partial charge in [-0.2, -0.15) is 0 Å². The molecule has 6 nitrogen and oxygen atoms in total. The number of anilines is 1. The van der Waals surface area contributed by atoms with Crippen molar-refractivity contribution in [1.29, 1.82) is 0 Å². The molecule has 0 radical (unpaired) electrons. The van der Waals surface area contributed by atoms with Gasteiger partial charge < -0.3 is 10.1 Å². The number of nitrogens with zero attached hydrogens (tertiary/aromatic N) is 1. The molecule has 0 fully saturated rings. The predicted molar refractivity (Wildman–Crippen MR) is 108 cm³/mol. The Balaban J connectivity index is 2.26. The smallest absolute Gasteiger partial charge is 0.243 e. The topological polar surface area (TPSA) is 75.7 Å². The summed E-state index contributed by atoms with van der Waals surface area (Å²) in [6.45, 7) is 3.53. The average Bonchev–Trinajstić information content (AvgIpc) is 2.61. The third-order valence-electron chi connectivity index (χ3n) is 4.14. The quantitative estimate of drug-likeness (QED) is 0.760. The molecule has 146 valence electrons. The fourth-order valence-corrected chi connectivity index (χ4v) is 4.17. The Morgan fingerprint density at radius 1 is 1.26 bits per heavy atom. The maximum absolute atomic E-state index is 12.7. The summed E-state index contributed by atoms with van der Waals surface area (Å²) in [7, 11) is -2.16. The van der Waals surface area contributed by atoms with E-state index in [0.29, 0.717) is 22.0 Å². The van der Waals surface area contributed by atoms with Gasteiger partial charge in [0, 0.05) is 17.1 Å². The van der Waals surface area contributed by atoms with Crippen molar-refractivity contribution in [2.45, 2.75) is 26.4 Å². The first kappa shape index (κ1) is 21.1. The number of nitrogens with one attached hydrogen (secondary N) is 1. The van der Waals surface area contributed by atoms with Crippen molar-refractivity contribution in [2.75, 3.05) is 17.7 Å². The lowest BCUT2D eigenvalue weighted by molar-refractivity contribution is -0.122. The molecule has 1 atom stereocenters. The molecule has 8 heteroatoms. The van der Waals surface area contributed by atoms with Crippen LogP contribution in [0.1, 0.15) is 18.1 Å². The first-order valence-electron chi connectivity index (χ1n) is 8.30. The Morgan fingerprint density at radius 3 is 2.56 bits per heavy atom. The minimum atomic E-state index is -3.71. The van der Waals surface area contributed by atoms with Gasteiger partial charge in [-0.05, 0) is 37.6 Å². The van der Waals surface area contributed by atoms with Gasteiger partial charge in [0.15, 0.2) is 0 Å². The zero-order valence-corrected chi connectivity index (χ0v) is 17.3. The van der Waals surface area contributed by atoms with E-state index in [-0.39, 0.29) is 6.54 Å². The van der Waals surface area contributed by atoms with Gasteiger partial charge >= 0.3 is 0 Å². The first-order valence-corrected chi connectivity index (χ1v) is 10.5. The number of hydrogen-bond donors (Lipinski definition) is 1. The summed E-state index contributed by atoms with van der Waals surface area (Å²) < 4.78 is 31.2. The lowest BCUT2D eigenvalue weighted by atomic mass is 10.1. The lowest BCUT2D eigenvalue weighted by Gasteiger charge is -2.29. The van der Waals surface area contributed by atoms with Crippen LogP contribution in [0.25, 0.3) is 0 Å². The lowest BCUT2D eigenvalue weighted by Crippen LogP contribution is -2.48. The predicted octanol–water partition coefficient (Wildman–Crippen LogP) is 3.13. The minimum Gasteiger partial charge on any atom is -0.496 e. The van der Waals surface area contributed by atoms with Crippen LogP contribution >= 0.6 is 11.6 Å². The second-order valence-corrected chi connectivity index (χ2v) is 8.49.